The molecule has 0 spiro atoms. The van der Waals surface area contributed by atoms with Gasteiger partial charge in [-0.05, 0) is 61.9 Å². The molecular weight excluding hydrogens is 971 g/mol. The molecule has 7 amide bonds. The summed E-state index contributed by atoms with van der Waals surface area (Å²) >= 11 is 0. The van der Waals surface area contributed by atoms with Gasteiger partial charge in [0, 0.05) is 55.2 Å². The summed E-state index contributed by atoms with van der Waals surface area (Å²) in [6.45, 7) is 3.62. The van der Waals surface area contributed by atoms with Gasteiger partial charge in [0.05, 0.1) is 12.9 Å². The van der Waals surface area contributed by atoms with E-state index in [1.165, 1.54) is 51.1 Å². The number of nitrogens with one attached hydrogen (secondary N) is 8. The van der Waals surface area contributed by atoms with E-state index in [2.05, 4.69) is 52.2 Å². The van der Waals surface area contributed by atoms with E-state index in [0.29, 0.717) is 29.0 Å². The average molecular weight is 1040 g/mol. The number of aliphatic imine (C=N–C) groups is 1. The van der Waals surface area contributed by atoms with Crippen LogP contribution in [-0.2, 0) is 57.6 Å². The molecule has 2 bridgehead atoms. The maximum Gasteiger partial charge on any atom is 0.326 e. The SMILES string of the molecule is CNCC(=O)N[C@@H](CCCN=C(N)N)C(=O)N[C@H](C(=O)N[C@@H](Cc1ccc(O)cc1)C(=O)N[C@H]1CCSS[C@H]2C[C@@H](C(=O)N[C@@H](Cc3ccccc3)C(=O)O)N(C2)C(=O)[C@H](Cc2cnc[nH]2)NC1=O)C(C)C. The number of likely N-dealkylation sites (N-methyl/N-ethyl adjacent to an activating group) is 1. The summed E-state index contributed by atoms with van der Waals surface area (Å²) in [4.78, 5) is 123. The highest BCUT2D eigenvalue weighted by Crippen LogP contribution is 2.37. The maximum absolute atomic E-state index is 14.7. The van der Waals surface area contributed by atoms with Crippen LogP contribution in [0.1, 0.15) is 56.4 Å². The van der Waals surface area contributed by atoms with Crippen LogP contribution in [0.2, 0.25) is 0 Å². The fourth-order valence-electron chi connectivity index (χ4n) is 8.12. The van der Waals surface area contributed by atoms with Crippen molar-refractivity contribution in [3.8, 4) is 5.75 Å². The molecule has 23 nitrogen and oxygen atoms in total. The van der Waals surface area contributed by atoms with Crippen LogP contribution in [0.5, 0.6) is 5.75 Å². The van der Waals surface area contributed by atoms with Gasteiger partial charge in [0.2, 0.25) is 41.4 Å². The molecule has 72 heavy (non-hydrogen) atoms. The number of nitrogens with zero attached hydrogens (tertiary/aromatic N) is 3. The predicted molar refractivity (Wildman–Crippen MR) is 271 cm³/mol. The Morgan fingerprint density at radius 2 is 1.61 bits per heavy atom. The van der Waals surface area contributed by atoms with Gasteiger partial charge in [-0.15, -0.1) is 0 Å². The van der Waals surface area contributed by atoms with E-state index in [-0.39, 0.29) is 75.1 Å². The van der Waals surface area contributed by atoms with Crippen molar-refractivity contribution >= 4 is 74.9 Å². The second-order valence-electron chi connectivity index (χ2n) is 17.8. The van der Waals surface area contributed by atoms with Crippen molar-refractivity contribution < 1.29 is 48.6 Å². The minimum Gasteiger partial charge on any atom is -0.508 e. The molecule has 390 valence electrons. The third-order valence-electron chi connectivity index (χ3n) is 11.9. The number of guanidine groups is 1. The topological polar surface area (TPSA) is 358 Å². The number of phenols is 1. The zero-order valence-electron chi connectivity index (χ0n) is 40.3. The number of fused-ring (bicyclic) bond motifs is 2. The number of aromatic amines is 1. The Hall–Kier alpha value is -6.86. The first-order chi connectivity index (χ1) is 34.4. The van der Waals surface area contributed by atoms with Gasteiger partial charge in [-0.3, -0.25) is 38.6 Å². The standard InChI is InChI=1S/C47H65N13O10S2/c1-26(2)39(59-41(64)32(54-38(62)23-50-3)10-7-16-52-47(48)49)44(67)56-34(18-28-11-13-30(61)14-12-28)42(65)55-33-15-17-71-72-31-21-37(43(66)58-36(46(69)70)19-27-8-5-4-6-9-27)60(24-31)45(68)35(57-40(33)63)20-29-22-51-25-53-29/h4-6,8-9,11-14,22,25-26,31-37,39,50,61H,7,10,15-21,23-24H2,1-3H3,(H,51,53)(H,54,62)(H,55,65)(H,56,67)(H,57,63)(H,58,66)(H,59,64)(H,69,70)(H4,48,49,52)/t31-,32-,33-,34-,35-,36-,37-,39-/m0/s1. The lowest BCUT2D eigenvalue weighted by Crippen LogP contribution is -2.61. The van der Waals surface area contributed by atoms with E-state index in [1.54, 1.807) is 63.4 Å². The molecule has 5 rings (SSSR count). The van der Waals surface area contributed by atoms with Crippen LogP contribution >= 0.6 is 21.6 Å². The van der Waals surface area contributed by atoms with Crippen LogP contribution in [0, 0.1) is 5.92 Å². The molecule has 2 saturated heterocycles. The number of carboxylic acid groups (broad SMARTS) is 1. The Morgan fingerprint density at radius 3 is 2.26 bits per heavy atom. The van der Waals surface area contributed by atoms with Gasteiger partial charge in [0.1, 0.15) is 48.0 Å². The third kappa shape index (κ3) is 17.2. The van der Waals surface area contributed by atoms with Crippen molar-refractivity contribution in [2.45, 2.75) is 106 Å². The average Bonchev–Trinajstić information content (AvgIpc) is 4.03. The minimum absolute atomic E-state index is 0.0129. The number of benzene rings is 2. The predicted octanol–water partition coefficient (Wildman–Crippen LogP) is -1.18. The number of aromatic nitrogens is 2. The van der Waals surface area contributed by atoms with Crippen LogP contribution in [-0.4, -0.2) is 158 Å². The molecule has 2 aliphatic heterocycles. The Labute approximate surface area is 424 Å². The normalized spacial score (nSPS) is 19.8. The van der Waals surface area contributed by atoms with Gasteiger partial charge < -0.3 is 68.8 Å². The Kier molecular flexibility index (Phi) is 21.5. The van der Waals surface area contributed by atoms with Crippen molar-refractivity contribution in [3.63, 3.8) is 0 Å². The number of amides is 7. The van der Waals surface area contributed by atoms with Crippen LogP contribution in [0.3, 0.4) is 0 Å². The zero-order chi connectivity index (χ0) is 52.3. The van der Waals surface area contributed by atoms with Crippen molar-refractivity contribution in [1.29, 1.82) is 0 Å². The van der Waals surface area contributed by atoms with E-state index in [4.69, 9.17) is 11.5 Å². The lowest BCUT2D eigenvalue weighted by molar-refractivity contribution is -0.145. The first kappa shape index (κ1) is 56.1. The van der Waals surface area contributed by atoms with Crippen LogP contribution in [0.15, 0.2) is 72.1 Å². The van der Waals surface area contributed by atoms with Crippen molar-refractivity contribution in [3.05, 3.63) is 83.9 Å². The van der Waals surface area contributed by atoms with Crippen molar-refractivity contribution in [2.24, 2.45) is 22.4 Å². The summed E-state index contributed by atoms with van der Waals surface area (Å²) in [6.07, 6.45) is 3.44. The Balaban J connectivity index is 1.37. The number of hydrogen-bond acceptors (Lipinski definition) is 14. The van der Waals surface area contributed by atoms with Gasteiger partial charge in [-0.25, -0.2) is 9.78 Å². The smallest absolute Gasteiger partial charge is 0.326 e. The second kappa shape index (κ2) is 27.7. The molecular formula is C47H65N13O10S2. The molecule has 0 radical (unpaired) electrons. The number of carboxylic acids is 1. The summed E-state index contributed by atoms with van der Waals surface area (Å²) in [7, 11) is 4.36. The largest absolute Gasteiger partial charge is 0.508 e. The van der Waals surface area contributed by atoms with Gasteiger partial charge >= 0.3 is 5.97 Å². The lowest BCUT2D eigenvalue weighted by Gasteiger charge is -2.31. The van der Waals surface area contributed by atoms with Crippen LogP contribution in [0.25, 0.3) is 0 Å². The molecule has 2 aromatic carbocycles. The number of hydrogen-bond donors (Lipinski definition) is 12. The first-order valence-corrected chi connectivity index (χ1v) is 25.9. The molecule has 1 aromatic heterocycles. The highest BCUT2D eigenvalue weighted by Gasteiger charge is 2.44. The zero-order valence-corrected chi connectivity index (χ0v) is 41.9. The monoisotopic (exact) mass is 1040 g/mol. The number of imidazole rings is 1. The van der Waals surface area contributed by atoms with Crippen LogP contribution in [0.4, 0.5) is 0 Å². The van der Waals surface area contributed by atoms with Gasteiger partial charge in [0.15, 0.2) is 5.96 Å². The molecule has 3 aromatic rings. The summed E-state index contributed by atoms with van der Waals surface area (Å²) in [5.41, 5.74) is 12.6. The van der Waals surface area contributed by atoms with Gasteiger partial charge in [-0.1, -0.05) is 77.9 Å². The molecule has 0 saturated carbocycles. The van der Waals surface area contributed by atoms with E-state index in [1.807, 2.05) is 0 Å². The highest BCUT2D eigenvalue weighted by atomic mass is 33.1. The number of phenolic OH excluding ortho intramolecular Hbond substituents is 1. The van der Waals surface area contributed by atoms with Crippen LogP contribution < -0.4 is 48.7 Å². The summed E-state index contributed by atoms with van der Waals surface area (Å²) in [5.74, 6) is -6.25. The number of carbonyl (C=O) groups is 8. The van der Waals surface area contributed by atoms with E-state index >= 15 is 0 Å². The molecule has 8 atom stereocenters. The first-order valence-electron chi connectivity index (χ1n) is 23.5. The molecule has 2 fully saturated rings. The molecule has 0 aliphatic carbocycles. The fraction of sp³-hybridized carbons (Fsp3) is 0.489. The number of nitrogens with two attached hydrogens (primary N) is 2. The number of aliphatic carboxylic acids is 1. The summed E-state index contributed by atoms with van der Waals surface area (Å²) in [5, 5.41) is 38.9. The third-order valence-corrected chi connectivity index (χ3v) is 14.7. The number of rotatable bonds is 23. The molecule has 0 unspecified atom stereocenters. The summed E-state index contributed by atoms with van der Waals surface area (Å²) < 4.78 is 0. The maximum atomic E-state index is 14.7. The summed E-state index contributed by atoms with van der Waals surface area (Å²) in [6, 6.07) is 6.29. The quantitative estimate of drug-likeness (QED) is 0.0230. The Morgan fingerprint density at radius 1 is 0.903 bits per heavy atom. The van der Waals surface area contributed by atoms with Crippen molar-refractivity contribution in [1.82, 2.24) is 52.1 Å². The Bertz CT molecular complexity index is 2360. The molecule has 3 heterocycles. The second-order valence-corrected chi connectivity index (χ2v) is 20.6. The fourth-order valence-corrected chi connectivity index (χ4v) is 10.8. The minimum atomic E-state index is -1.35. The lowest BCUT2D eigenvalue weighted by atomic mass is 9.99. The number of H-pyrrole nitrogens is 1. The van der Waals surface area contributed by atoms with Crippen molar-refractivity contribution in [2.75, 3.05) is 32.4 Å². The van der Waals surface area contributed by atoms with E-state index < -0.39 is 95.5 Å². The van der Waals surface area contributed by atoms with Gasteiger partial charge in [-0.2, -0.15) is 0 Å². The molecule has 2 aliphatic rings. The molecule has 25 heteroatoms. The van der Waals surface area contributed by atoms with E-state index in [0.717, 1.165) is 0 Å². The van der Waals surface area contributed by atoms with E-state index in [9.17, 15) is 48.6 Å². The number of carbonyl (C=O) groups excluding carboxylic acids is 7. The highest BCUT2D eigenvalue weighted by molar-refractivity contribution is 8.76. The molecule has 14 N–H and O–H groups in total. The van der Waals surface area contributed by atoms with Gasteiger partial charge in [0.25, 0.3) is 0 Å². The number of aromatic hydroxyl groups is 1.